The minimum absolute atomic E-state index is 0.286. The van der Waals surface area contributed by atoms with Crippen LogP contribution in [0.4, 0.5) is 10.5 Å². The number of carbonyl (C=O) groups is 2. The fourth-order valence-corrected chi connectivity index (χ4v) is 4.34. The third-order valence-electron chi connectivity index (χ3n) is 4.69. The van der Waals surface area contributed by atoms with Crippen molar-refractivity contribution in [3.8, 4) is 11.5 Å². The number of halogens is 2. The van der Waals surface area contributed by atoms with Crippen LogP contribution in [0.5, 0.6) is 11.5 Å². The molecule has 1 fully saturated rings. The van der Waals surface area contributed by atoms with Gasteiger partial charge in [-0.15, -0.1) is 0 Å². The maximum atomic E-state index is 12.8. The Kier molecular flexibility index (Phi) is 6.74. The van der Waals surface area contributed by atoms with E-state index in [0.717, 1.165) is 22.2 Å². The van der Waals surface area contributed by atoms with Crippen LogP contribution >= 0.6 is 35.0 Å². The predicted molar refractivity (Wildman–Crippen MR) is 129 cm³/mol. The van der Waals surface area contributed by atoms with Crippen molar-refractivity contribution in [2.75, 3.05) is 12.0 Å². The molecule has 2 amide bonds. The van der Waals surface area contributed by atoms with Gasteiger partial charge in [0.15, 0.2) is 11.5 Å². The van der Waals surface area contributed by atoms with Crippen molar-refractivity contribution < 1.29 is 19.1 Å². The molecule has 1 aliphatic heterocycles. The molecule has 32 heavy (non-hydrogen) atoms. The molecule has 3 aromatic rings. The van der Waals surface area contributed by atoms with E-state index in [9.17, 15) is 9.59 Å². The van der Waals surface area contributed by atoms with Crippen molar-refractivity contribution in [3.05, 3.63) is 92.8 Å². The molecule has 0 spiro atoms. The van der Waals surface area contributed by atoms with Gasteiger partial charge >= 0.3 is 0 Å². The molecule has 0 N–H and O–H groups in total. The van der Waals surface area contributed by atoms with Gasteiger partial charge in [-0.25, -0.2) is 4.90 Å². The molecular weight excluding hydrogens is 469 g/mol. The minimum atomic E-state index is -0.403. The van der Waals surface area contributed by atoms with Gasteiger partial charge < -0.3 is 9.47 Å². The van der Waals surface area contributed by atoms with Crippen LogP contribution in [0.1, 0.15) is 11.1 Å². The highest BCUT2D eigenvalue weighted by Gasteiger charge is 2.36. The zero-order valence-corrected chi connectivity index (χ0v) is 19.2. The van der Waals surface area contributed by atoms with Gasteiger partial charge in [0.05, 0.1) is 17.7 Å². The zero-order chi connectivity index (χ0) is 22.7. The fourth-order valence-electron chi connectivity index (χ4n) is 3.12. The summed E-state index contributed by atoms with van der Waals surface area (Å²) >= 11 is 13.1. The minimum Gasteiger partial charge on any atom is -0.493 e. The first-order valence-electron chi connectivity index (χ1n) is 9.54. The normalized spacial score (nSPS) is 14.8. The average Bonchev–Trinajstić information content (AvgIpc) is 3.06. The Balaban J connectivity index is 1.54. The van der Waals surface area contributed by atoms with Crippen molar-refractivity contribution in [1.82, 2.24) is 0 Å². The molecule has 4 rings (SSSR count). The lowest BCUT2D eigenvalue weighted by atomic mass is 10.1. The molecule has 1 heterocycles. The van der Waals surface area contributed by atoms with Crippen LogP contribution in [0.3, 0.4) is 0 Å². The zero-order valence-electron chi connectivity index (χ0n) is 16.9. The summed E-state index contributed by atoms with van der Waals surface area (Å²) in [7, 11) is 1.54. The van der Waals surface area contributed by atoms with Gasteiger partial charge in [0.25, 0.3) is 11.1 Å². The quantitative estimate of drug-likeness (QED) is 0.358. The molecule has 0 radical (unpaired) electrons. The molecule has 8 heteroatoms. The lowest BCUT2D eigenvalue weighted by Crippen LogP contribution is -2.27. The number of thioether (sulfide) groups is 1. The Bertz CT molecular complexity index is 1230. The highest BCUT2D eigenvalue weighted by atomic mass is 35.5. The summed E-state index contributed by atoms with van der Waals surface area (Å²) in [6.07, 6.45) is 1.65. The van der Waals surface area contributed by atoms with Crippen LogP contribution in [0.2, 0.25) is 10.0 Å². The third kappa shape index (κ3) is 4.78. The Morgan fingerprint density at radius 3 is 2.53 bits per heavy atom. The van der Waals surface area contributed by atoms with Crippen molar-refractivity contribution in [2.45, 2.75) is 6.61 Å². The van der Waals surface area contributed by atoms with Crippen LogP contribution in [-0.2, 0) is 11.4 Å². The number of ether oxygens (including phenoxy) is 2. The number of imide groups is 1. The lowest BCUT2D eigenvalue weighted by molar-refractivity contribution is -0.113. The number of anilines is 1. The van der Waals surface area contributed by atoms with Crippen LogP contribution in [0, 0.1) is 0 Å². The third-order valence-corrected chi connectivity index (χ3v) is 6.16. The lowest BCUT2D eigenvalue weighted by Gasteiger charge is -2.13. The second-order valence-electron chi connectivity index (χ2n) is 6.79. The first-order chi connectivity index (χ1) is 15.5. The Hall–Kier alpha value is -2.93. The van der Waals surface area contributed by atoms with Crippen molar-refractivity contribution in [2.24, 2.45) is 0 Å². The number of hydrogen-bond donors (Lipinski definition) is 0. The van der Waals surface area contributed by atoms with E-state index in [-0.39, 0.29) is 11.8 Å². The van der Waals surface area contributed by atoms with E-state index in [1.54, 1.807) is 54.6 Å². The number of carbonyl (C=O) groups excluding carboxylic acids is 2. The van der Waals surface area contributed by atoms with Crippen molar-refractivity contribution in [3.63, 3.8) is 0 Å². The summed E-state index contributed by atoms with van der Waals surface area (Å²) in [5.41, 5.74) is 1.99. The highest BCUT2D eigenvalue weighted by molar-refractivity contribution is 8.19. The molecule has 5 nitrogen and oxygen atoms in total. The molecular formula is C24H17Cl2NO4S. The van der Waals surface area contributed by atoms with Gasteiger partial charge in [-0.05, 0) is 59.8 Å². The van der Waals surface area contributed by atoms with Crippen LogP contribution in [-0.4, -0.2) is 18.3 Å². The SMILES string of the molecule is COc1cc(/C=C2/SC(=O)N(c3cccc(Cl)c3)C2=O)ccc1OCc1ccccc1Cl. The first kappa shape index (κ1) is 22.3. The number of hydrogen-bond acceptors (Lipinski definition) is 5. The second-order valence-corrected chi connectivity index (χ2v) is 8.62. The summed E-state index contributed by atoms with van der Waals surface area (Å²) < 4.78 is 11.3. The van der Waals surface area contributed by atoms with Crippen molar-refractivity contribution >= 4 is 57.9 Å². The van der Waals surface area contributed by atoms with Crippen molar-refractivity contribution in [1.29, 1.82) is 0 Å². The maximum absolute atomic E-state index is 12.8. The first-order valence-corrected chi connectivity index (χ1v) is 11.1. The van der Waals surface area contributed by atoms with E-state index in [2.05, 4.69) is 0 Å². The Labute approximate surface area is 199 Å². The second kappa shape index (κ2) is 9.69. The topological polar surface area (TPSA) is 55.8 Å². The molecule has 162 valence electrons. The van der Waals surface area contributed by atoms with E-state index in [1.807, 2.05) is 18.2 Å². The highest BCUT2D eigenvalue weighted by Crippen LogP contribution is 2.37. The van der Waals surface area contributed by atoms with Gasteiger partial charge in [-0.3, -0.25) is 9.59 Å². The van der Waals surface area contributed by atoms with Crippen LogP contribution < -0.4 is 14.4 Å². The molecule has 1 aliphatic rings. The Morgan fingerprint density at radius 1 is 0.969 bits per heavy atom. The summed E-state index contributed by atoms with van der Waals surface area (Å²) in [6.45, 7) is 0.286. The molecule has 0 bridgehead atoms. The largest absolute Gasteiger partial charge is 0.493 e. The molecule has 0 aromatic heterocycles. The van der Waals surface area contributed by atoms with Gasteiger partial charge in [-0.1, -0.05) is 53.5 Å². The van der Waals surface area contributed by atoms with Crippen LogP contribution in [0.25, 0.3) is 6.08 Å². The summed E-state index contributed by atoms with van der Waals surface area (Å²) in [5.74, 6) is 0.636. The van der Waals surface area contributed by atoms with E-state index in [0.29, 0.717) is 37.7 Å². The van der Waals surface area contributed by atoms with E-state index in [1.165, 1.54) is 7.11 Å². The summed E-state index contributed by atoms with van der Waals surface area (Å²) in [6, 6.07) is 19.3. The molecule has 3 aromatic carbocycles. The number of methoxy groups -OCH3 is 1. The average molecular weight is 486 g/mol. The fraction of sp³-hybridized carbons (Fsp3) is 0.0833. The molecule has 1 saturated heterocycles. The van der Waals surface area contributed by atoms with Gasteiger partial charge in [-0.2, -0.15) is 0 Å². The van der Waals surface area contributed by atoms with E-state index < -0.39 is 5.91 Å². The standard InChI is InChI=1S/C24H17Cl2NO4S/c1-30-21-11-15(9-10-20(21)31-14-16-5-2-3-8-19(16)26)12-22-23(28)27(24(29)32-22)18-7-4-6-17(25)13-18/h2-13H,14H2,1H3/b22-12+. The molecule has 0 saturated carbocycles. The number of nitrogens with zero attached hydrogens (tertiary/aromatic N) is 1. The van der Waals surface area contributed by atoms with E-state index in [4.69, 9.17) is 32.7 Å². The predicted octanol–water partition coefficient (Wildman–Crippen LogP) is 6.82. The van der Waals surface area contributed by atoms with E-state index >= 15 is 0 Å². The monoisotopic (exact) mass is 485 g/mol. The van der Waals surface area contributed by atoms with Crippen LogP contribution in [0.15, 0.2) is 71.6 Å². The van der Waals surface area contributed by atoms with Gasteiger partial charge in [0.1, 0.15) is 6.61 Å². The molecule has 0 unspecified atom stereocenters. The number of rotatable bonds is 6. The maximum Gasteiger partial charge on any atom is 0.298 e. The molecule has 0 aliphatic carbocycles. The van der Waals surface area contributed by atoms with Gasteiger partial charge in [0, 0.05) is 15.6 Å². The molecule has 0 atom stereocenters. The smallest absolute Gasteiger partial charge is 0.298 e. The Morgan fingerprint density at radius 2 is 1.78 bits per heavy atom. The van der Waals surface area contributed by atoms with Gasteiger partial charge in [0.2, 0.25) is 0 Å². The number of benzene rings is 3. The summed E-state index contributed by atoms with van der Waals surface area (Å²) in [4.78, 5) is 26.7. The summed E-state index contributed by atoms with van der Waals surface area (Å²) in [5, 5.41) is 0.691. The number of amides is 2.